The molecule has 3 rings (SSSR count). The molecule has 0 atom stereocenters. The smallest absolute Gasteiger partial charge is 0.255 e. The quantitative estimate of drug-likeness (QED) is 0.725. The molecule has 0 radical (unpaired) electrons. The number of anilines is 1. The fraction of sp³-hybridized carbons (Fsp3) is 0.0556. The first-order chi connectivity index (χ1) is 10.2. The third-order valence-electron chi connectivity index (χ3n) is 3.26. The van der Waals surface area contributed by atoms with Gasteiger partial charge in [0.2, 0.25) is 0 Å². The predicted molar refractivity (Wildman–Crippen MR) is 88.9 cm³/mol. The lowest BCUT2D eigenvalue weighted by atomic mass is 10.1. The molecule has 2 aromatic carbocycles. The van der Waals surface area contributed by atoms with E-state index in [1.165, 1.54) is 10.4 Å². The van der Waals surface area contributed by atoms with Crippen molar-refractivity contribution < 1.29 is 4.79 Å². The largest absolute Gasteiger partial charge is 0.322 e. The summed E-state index contributed by atoms with van der Waals surface area (Å²) in [6.07, 6.45) is 0. The maximum Gasteiger partial charge on any atom is 0.255 e. The van der Waals surface area contributed by atoms with Crippen molar-refractivity contribution in [2.24, 2.45) is 0 Å². The van der Waals surface area contributed by atoms with Crippen molar-refractivity contribution >= 4 is 22.9 Å². The van der Waals surface area contributed by atoms with Crippen LogP contribution in [0.3, 0.4) is 0 Å². The monoisotopic (exact) mass is 293 g/mol. The van der Waals surface area contributed by atoms with Crippen molar-refractivity contribution in [1.82, 2.24) is 0 Å². The summed E-state index contributed by atoms with van der Waals surface area (Å²) in [5, 5.41) is 4.95. The zero-order valence-electron chi connectivity index (χ0n) is 11.7. The summed E-state index contributed by atoms with van der Waals surface area (Å²) in [7, 11) is 0. The van der Waals surface area contributed by atoms with Crippen molar-refractivity contribution in [3.05, 3.63) is 77.2 Å². The lowest BCUT2D eigenvalue weighted by Gasteiger charge is -2.06. The van der Waals surface area contributed by atoms with Gasteiger partial charge in [-0.25, -0.2) is 0 Å². The van der Waals surface area contributed by atoms with Crippen LogP contribution in [0.4, 0.5) is 5.69 Å². The van der Waals surface area contributed by atoms with E-state index in [-0.39, 0.29) is 5.91 Å². The molecule has 104 valence electrons. The van der Waals surface area contributed by atoms with Crippen LogP contribution >= 0.6 is 11.3 Å². The second kappa shape index (κ2) is 5.94. The van der Waals surface area contributed by atoms with Crippen LogP contribution in [0.1, 0.15) is 15.9 Å². The van der Waals surface area contributed by atoms with Crippen molar-refractivity contribution in [2.45, 2.75) is 6.92 Å². The van der Waals surface area contributed by atoms with Crippen LogP contribution < -0.4 is 5.32 Å². The molecule has 0 saturated heterocycles. The molecule has 0 aliphatic rings. The average Bonchev–Trinajstić information content (AvgIpc) is 3.04. The summed E-state index contributed by atoms with van der Waals surface area (Å²) >= 11 is 1.69. The molecule has 0 aliphatic carbocycles. The van der Waals surface area contributed by atoms with E-state index in [1.54, 1.807) is 11.3 Å². The second-order valence-electron chi connectivity index (χ2n) is 4.87. The summed E-state index contributed by atoms with van der Waals surface area (Å²) < 4.78 is 0. The summed E-state index contributed by atoms with van der Waals surface area (Å²) in [5.41, 5.74) is 3.79. The van der Waals surface area contributed by atoms with Crippen LogP contribution in [-0.4, -0.2) is 5.91 Å². The molecule has 0 aliphatic heterocycles. The van der Waals surface area contributed by atoms with E-state index in [9.17, 15) is 4.79 Å². The summed E-state index contributed by atoms with van der Waals surface area (Å²) in [6.45, 7) is 2.02. The Morgan fingerprint density at radius 1 is 0.952 bits per heavy atom. The van der Waals surface area contributed by atoms with Crippen LogP contribution in [0, 0.1) is 6.92 Å². The first-order valence-corrected chi connectivity index (χ1v) is 7.62. The lowest BCUT2D eigenvalue weighted by molar-refractivity contribution is 0.102. The number of hydrogen-bond acceptors (Lipinski definition) is 2. The van der Waals surface area contributed by atoms with Crippen LogP contribution in [0.2, 0.25) is 0 Å². The van der Waals surface area contributed by atoms with E-state index in [2.05, 4.69) is 11.4 Å². The molecule has 3 heteroatoms. The minimum absolute atomic E-state index is 0.0865. The van der Waals surface area contributed by atoms with E-state index in [1.807, 2.05) is 66.9 Å². The van der Waals surface area contributed by atoms with Crippen LogP contribution in [0.5, 0.6) is 0 Å². The van der Waals surface area contributed by atoms with Gasteiger partial charge in [0.15, 0.2) is 0 Å². The SMILES string of the molecule is Cc1ccc(NC(=O)c2ccc(-c3cccs3)cc2)cc1. The zero-order valence-corrected chi connectivity index (χ0v) is 12.5. The Hall–Kier alpha value is -2.39. The van der Waals surface area contributed by atoms with Gasteiger partial charge in [0, 0.05) is 16.1 Å². The summed E-state index contributed by atoms with van der Waals surface area (Å²) in [4.78, 5) is 13.4. The van der Waals surface area contributed by atoms with Gasteiger partial charge in [-0.15, -0.1) is 11.3 Å². The molecule has 1 N–H and O–H groups in total. The number of rotatable bonds is 3. The van der Waals surface area contributed by atoms with Crippen LogP contribution in [0.15, 0.2) is 66.0 Å². The van der Waals surface area contributed by atoms with Crippen LogP contribution in [-0.2, 0) is 0 Å². The van der Waals surface area contributed by atoms with Gasteiger partial charge in [0.25, 0.3) is 5.91 Å². The topological polar surface area (TPSA) is 29.1 Å². The van der Waals surface area contributed by atoms with Crippen molar-refractivity contribution in [1.29, 1.82) is 0 Å². The molecule has 1 amide bonds. The van der Waals surface area contributed by atoms with Crippen molar-refractivity contribution in [2.75, 3.05) is 5.32 Å². The fourth-order valence-corrected chi connectivity index (χ4v) is 2.80. The Morgan fingerprint density at radius 3 is 2.29 bits per heavy atom. The normalized spacial score (nSPS) is 10.3. The molecule has 0 fully saturated rings. The Labute approximate surface area is 128 Å². The van der Waals surface area contributed by atoms with Gasteiger partial charge < -0.3 is 5.32 Å². The van der Waals surface area contributed by atoms with Gasteiger partial charge in [0.1, 0.15) is 0 Å². The highest BCUT2D eigenvalue weighted by molar-refractivity contribution is 7.13. The molecule has 21 heavy (non-hydrogen) atoms. The summed E-state index contributed by atoms with van der Waals surface area (Å²) in [6, 6.07) is 19.6. The Bertz CT molecular complexity index is 728. The molecule has 2 nitrogen and oxygen atoms in total. The van der Waals surface area contributed by atoms with Crippen LogP contribution in [0.25, 0.3) is 10.4 Å². The number of carbonyl (C=O) groups is 1. The number of thiophene rings is 1. The fourth-order valence-electron chi connectivity index (χ4n) is 2.07. The first kappa shape index (κ1) is 13.6. The van der Waals surface area contributed by atoms with E-state index in [0.717, 1.165) is 11.3 Å². The van der Waals surface area contributed by atoms with E-state index >= 15 is 0 Å². The minimum atomic E-state index is -0.0865. The molecule has 0 bridgehead atoms. The van der Waals surface area contributed by atoms with E-state index in [4.69, 9.17) is 0 Å². The third kappa shape index (κ3) is 3.20. The Kier molecular flexibility index (Phi) is 3.84. The standard InChI is InChI=1S/C18H15NOS/c1-13-4-10-16(11-5-13)19-18(20)15-8-6-14(7-9-15)17-3-2-12-21-17/h2-12H,1H3,(H,19,20). The molecule has 3 aromatic rings. The number of aryl methyl sites for hydroxylation is 1. The zero-order chi connectivity index (χ0) is 14.7. The predicted octanol–water partition coefficient (Wildman–Crippen LogP) is 4.98. The molecule has 0 unspecified atom stereocenters. The number of benzene rings is 2. The van der Waals surface area contributed by atoms with E-state index < -0.39 is 0 Å². The average molecular weight is 293 g/mol. The number of amides is 1. The molecule has 1 aromatic heterocycles. The molecular formula is C18H15NOS. The summed E-state index contributed by atoms with van der Waals surface area (Å²) in [5.74, 6) is -0.0865. The minimum Gasteiger partial charge on any atom is -0.322 e. The third-order valence-corrected chi connectivity index (χ3v) is 4.18. The first-order valence-electron chi connectivity index (χ1n) is 6.74. The van der Waals surface area contributed by atoms with Gasteiger partial charge >= 0.3 is 0 Å². The maximum absolute atomic E-state index is 12.2. The van der Waals surface area contributed by atoms with Gasteiger partial charge in [-0.1, -0.05) is 35.9 Å². The molecule has 0 saturated carbocycles. The highest BCUT2D eigenvalue weighted by Crippen LogP contribution is 2.24. The number of nitrogens with one attached hydrogen (secondary N) is 1. The highest BCUT2D eigenvalue weighted by Gasteiger charge is 2.06. The lowest BCUT2D eigenvalue weighted by Crippen LogP contribution is -2.11. The molecule has 1 heterocycles. The van der Waals surface area contributed by atoms with Gasteiger partial charge in [0.05, 0.1) is 0 Å². The Balaban J connectivity index is 1.74. The number of hydrogen-bond donors (Lipinski definition) is 1. The van der Waals surface area contributed by atoms with Gasteiger partial charge in [-0.05, 0) is 48.2 Å². The molecule has 0 spiro atoms. The van der Waals surface area contributed by atoms with Crippen molar-refractivity contribution in [3.8, 4) is 10.4 Å². The number of carbonyl (C=O) groups excluding carboxylic acids is 1. The second-order valence-corrected chi connectivity index (χ2v) is 5.82. The Morgan fingerprint density at radius 2 is 1.67 bits per heavy atom. The maximum atomic E-state index is 12.2. The molecular weight excluding hydrogens is 278 g/mol. The van der Waals surface area contributed by atoms with E-state index in [0.29, 0.717) is 5.56 Å². The highest BCUT2D eigenvalue weighted by atomic mass is 32.1. The van der Waals surface area contributed by atoms with Gasteiger partial charge in [-0.3, -0.25) is 4.79 Å². The van der Waals surface area contributed by atoms with Gasteiger partial charge in [-0.2, -0.15) is 0 Å². The van der Waals surface area contributed by atoms with Crippen molar-refractivity contribution in [3.63, 3.8) is 0 Å².